The van der Waals surface area contributed by atoms with E-state index in [1.807, 2.05) is 50.4 Å². The van der Waals surface area contributed by atoms with Crippen LogP contribution in [0.5, 0.6) is 11.5 Å². The van der Waals surface area contributed by atoms with Gasteiger partial charge in [0.05, 0.1) is 6.61 Å². The van der Waals surface area contributed by atoms with E-state index in [0.717, 1.165) is 46.5 Å². The Kier molecular flexibility index (Phi) is 8.80. The van der Waals surface area contributed by atoms with Gasteiger partial charge in [0.2, 0.25) is 5.16 Å². The van der Waals surface area contributed by atoms with Crippen LogP contribution in [0.2, 0.25) is 5.02 Å². The van der Waals surface area contributed by atoms with E-state index in [9.17, 15) is 0 Å². The van der Waals surface area contributed by atoms with E-state index in [0.29, 0.717) is 24.8 Å². The molecule has 7 nitrogen and oxygen atoms in total. The second-order valence-electron chi connectivity index (χ2n) is 6.56. The summed E-state index contributed by atoms with van der Waals surface area (Å²) in [5.41, 5.74) is 2.12. The molecule has 0 aliphatic rings. The highest BCUT2D eigenvalue weighted by Crippen LogP contribution is 2.32. The minimum atomic E-state index is 0.455. The second-order valence-corrected chi connectivity index (χ2v) is 8.05. The van der Waals surface area contributed by atoms with E-state index < -0.39 is 0 Å². The number of ether oxygens (including phenoxy) is 2. The van der Waals surface area contributed by atoms with Crippen LogP contribution in [0.25, 0.3) is 0 Å². The van der Waals surface area contributed by atoms with Crippen LogP contribution in [0.15, 0.2) is 47.6 Å². The number of tetrazole rings is 1. The normalized spacial score (nSPS) is 10.9. The lowest BCUT2D eigenvalue weighted by molar-refractivity contribution is 0.266. The Morgan fingerprint density at radius 3 is 2.70 bits per heavy atom. The first-order chi connectivity index (χ1) is 14.7. The predicted octanol–water partition coefficient (Wildman–Crippen LogP) is 4.11. The Bertz CT molecular complexity index is 920. The summed E-state index contributed by atoms with van der Waals surface area (Å²) in [5, 5.41) is 16.5. The van der Waals surface area contributed by atoms with Gasteiger partial charge in [-0.05, 0) is 54.1 Å². The van der Waals surface area contributed by atoms with Crippen molar-refractivity contribution in [3.05, 3.63) is 58.6 Å². The Labute approximate surface area is 186 Å². The molecule has 9 heteroatoms. The van der Waals surface area contributed by atoms with Gasteiger partial charge in [0.1, 0.15) is 6.61 Å². The van der Waals surface area contributed by atoms with Crippen molar-refractivity contribution >= 4 is 23.4 Å². The fraction of sp³-hybridized carbons (Fsp3) is 0.381. The van der Waals surface area contributed by atoms with Crippen LogP contribution in [-0.4, -0.2) is 39.1 Å². The van der Waals surface area contributed by atoms with Gasteiger partial charge >= 0.3 is 0 Å². The van der Waals surface area contributed by atoms with E-state index in [1.165, 1.54) is 0 Å². The van der Waals surface area contributed by atoms with Gasteiger partial charge in [-0.3, -0.25) is 0 Å². The molecule has 0 aliphatic carbocycles. The fourth-order valence-electron chi connectivity index (χ4n) is 2.80. The SMILES string of the molecule is CCOc1cccc(CNCCCSc2nnnn2C)c1OCc1ccc(Cl)cc1. The summed E-state index contributed by atoms with van der Waals surface area (Å²) in [6.07, 6.45) is 1.00. The van der Waals surface area contributed by atoms with Crippen molar-refractivity contribution < 1.29 is 9.47 Å². The van der Waals surface area contributed by atoms with Gasteiger partial charge in [-0.2, -0.15) is 0 Å². The molecule has 0 aliphatic heterocycles. The van der Waals surface area contributed by atoms with Crippen LogP contribution >= 0.6 is 23.4 Å². The first kappa shape index (κ1) is 22.4. The van der Waals surface area contributed by atoms with Gasteiger partial charge in [-0.15, -0.1) is 5.10 Å². The standard InChI is InChI=1S/C21H26ClN5O2S/c1-3-28-19-7-4-6-17(20(19)29-15-16-8-10-18(22)11-9-16)14-23-12-5-13-30-21-24-25-26-27(21)2/h4,6-11,23H,3,5,12-15H2,1-2H3. The molecule has 0 bridgehead atoms. The number of para-hydroxylation sites is 1. The van der Waals surface area contributed by atoms with Crippen molar-refractivity contribution in [2.75, 3.05) is 18.9 Å². The van der Waals surface area contributed by atoms with Crippen LogP contribution in [0.4, 0.5) is 0 Å². The number of thioether (sulfide) groups is 1. The zero-order valence-corrected chi connectivity index (χ0v) is 18.7. The number of nitrogens with zero attached hydrogens (tertiary/aromatic N) is 4. The molecule has 0 spiro atoms. The average molecular weight is 448 g/mol. The van der Waals surface area contributed by atoms with Crippen LogP contribution in [0, 0.1) is 0 Å². The maximum atomic E-state index is 6.15. The van der Waals surface area contributed by atoms with Gasteiger partial charge in [0.15, 0.2) is 11.5 Å². The molecule has 1 aromatic heterocycles. The van der Waals surface area contributed by atoms with Crippen LogP contribution in [0.3, 0.4) is 0 Å². The molecule has 160 valence electrons. The third-order valence-corrected chi connectivity index (χ3v) is 5.63. The Morgan fingerprint density at radius 1 is 1.13 bits per heavy atom. The van der Waals surface area contributed by atoms with Gasteiger partial charge in [-0.25, -0.2) is 4.68 Å². The molecule has 1 N–H and O–H groups in total. The van der Waals surface area contributed by atoms with Gasteiger partial charge < -0.3 is 14.8 Å². The van der Waals surface area contributed by atoms with Gasteiger partial charge in [0, 0.05) is 29.9 Å². The summed E-state index contributed by atoms with van der Waals surface area (Å²) < 4.78 is 13.6. The number of rotatable bonds is 12. The molecule has 3 rings (SSSR count). The number of nitrogens with one attached hydrogen (secondary N) is 1. The average Bonchev–Trinajstić information content (AvgIpc) is 3.16. The van der Waals surface area contributed by atoms with Gasteiger partial charge in [-0.1, -0.05) is 47.6 Å². The minimum Gasteiger partial charge on any atom is -0.490 e. The topological polar surface area (TPSA) is 74.1 Å². The summed E-state index contributed by atoms with van der Waals surface area (Å²) in [7, 11) is 1.84. The highest BCUT2D eigenvalue weighted by atomic mass is 35.5. The number of halogens is 1. The number of hydrogen-bond acceptors (Lipinski definition) is 7. The minimum absolute atomic E-state index is 0.455. The Hall–Kier alpha value is -2.29. The lowest BCUT2D eigenvalue weighted by Crippen LogP contribution is -2.16. The number of aromatic nitrogens is 4. The molecule has 0 fully saturated rings. The zero-order chi connectivity index (χ0) is 21.2. The third-order valence-electron chi connectivity index (χ3n) is 4.28. The quantitative estimate of drug-likeness (QED) is 0.330. The molecule has 3 aromatic rings. The highest BCUT2D eigenvalue weighted by Gasteiger charge is 2.11. The predicted molar refractivity (Wildman–Crippen MR) is 119 cm³/mol. The summed E-state index contributed by atoms with van der Waals surface area (Å²) in [6.45, 7) is 4.60. The molecule has 0 saturated carbocycles. The summed E-state index contributed by atoms with van der Waals surface area (Å²) >= 11 is 7.62. The van der Waals surface area contributed by atoms with E-state index >= 15 is 0 Å². The molecule has 0 amide bonds. The second kappa shape index (κ2) is 11.8. The zero-order valence-electron chi connectivity index (χ0n) is 17.2. The molecule has 30 heavy (non-hydrogen) atoms. The van der Waals surface area contributed by atoms with Crippen molar-refractivity contribution in [1.82, 2.24) is 25.5 Å². The van der Waals surface area contributed by atoms with Gasteiger partial charge in [0.25, 0.3) is 0 Å². The van der Waals surface area contributed by atoms with Crippen molar-refractivity contribution in [1.29, 1.82) is 0 Å². The van der Waals surface area contributed by atoms with Crippen LogP contribution in [0.1, 0.15) is 24.5 Å². The van der Waals surface area contributed by atoms with E-state index in [4.69, 9.17) is 21.1 Å². The largest absolute Gasteiger partial charge is 0.490 e. The fourth-order valence-corrected chi connectivity index (χ4v) is 3.71. The smallest absolute Gasteiger partial charge is 0.209 e. The molecule has 1 heterocycles. The maximum Gasteiger partial charge on any atom is 0.209 e. The van der Waals surface area contributed by atoms with Crippen LogP contribution in [-0.2, 0) is 20.2 Å². The number of benzene rings is 2. The number of hydrogen-bond donors (Lipinski definition) is 1. The third kappa shape index (κ3) is 6.62. The van der Waals surface area contributed by atoms with Crippen molar-refractivity contribution in [2.24, 2.45) is 7.05 Å². The van der Waals surface area contributed by atoms with Crippen molar-refractivity contribution in [3.63, 3.8) is 0 Å². The summed E-state index contributed by atoms with van der Waals surface area (Å²) in [6, 6.07) is 13.7. The van der Waals surface area contributed by atoms with E-state index in [-0.39, 0.29) is 0 Å². The Balaban J connectivity index is 1.53. The van der Waals surface area contributed by atoms with Crippen molar-refractivity contribution in [2.45, 2.75) is 31.7 Å². The Morgan fingerprint density at radius 2 is 1.97 bits per heavy atom. The molecule has 0 saturated heterocycles. The molecular weight excluding hydrogens is 422 g/mol. The lowest BCUT2D eigenvalue weighted by Gasteiger charge is -2.16. The summed E-state index contributed by atoms with van der Waals surface area (Å²) in [5.74, 6) is 2.48. The molecule has 2 aromatic carbocycles. The van der Waals surface area contributed by atoms with E-state index in [1.54, 1.807) is 16.4 Å². The maximum absolute atomic E-state index is 6.15. The first-order valence-corrected chi connectivity index (χ1v) is 11.2. The molecular formula is C21H26ClN5O2S. The monoisotopic (exact) mass is 447 g/mol. The number of aryl methyl sites for hydroxylation is 1. The summed E-state index contributed by atoms with van der Waals surface area (Å²) in [4.78, 5) is 0. The molecule has 0 radical (unpaired) electrons. The first-order valence-electron chi connectivity index (χ1n) is 9.85. The molecule has 0 atom stereocenters. The lowest BCUT2D eigenvalue weighted by atomic mass is 10.1. The highest BCUT2D eigenvalue weighted by molar-refractivity contribution is 7.99. The van der Waals surface area contributed by atoms with Crippen LogP contribution < -0.4 is 14.8 Å². The molecule has 0 unspecified atom stereocenters. The van der Waals surface area contributed by atoms with Crippen molar-refractivity contribution in [3.8, 4) is 11.5 Å². The van der Waals surface area contributed by atoms with E-state index in [2.05, 4.69) is 26.9 Å².